The van der Waals surface area contributed by atoms with E-state index in [1.54, 1.807) is 12.1 Å². The summed E-state index contributed by atoms with van der Waals surface area (Å²) in [4.78, 5) is 10.5. The molecule has 0 N–H and O–H groups in total. The Morgan fingerprint density at radius 3 is 1.81 bits per heavy atom. The minimum absolute atomic E-state index is 0.0880. The van der Waals surface area contributed by atoms with E-state index in [2.05, 4.69) is 46.3 Å². The van der Waals surface area contributed by atoms with Crippen LogP contribution in [0.5, 0.6) is 0 Å². The van der Waals surface area contributed by atoms with Gasteiger partial charge < -0.3 is 0 Å². The lowest BCUT2D eigenvalue weighted by atomic mass is 9.95. The normalized spacial score (nSPS) is 11.4. The summed E-state index contributed by atoms with van der Waals surface area (Å²) in [7, 11) is 0. The Hall–Kier alpha value is -2.43. The SMILES string of the molecule is O=[N+]([O-])c1ccc(/C(=C/CBr)c2ccc(-c3ccc(Cl)cc3)cc2)cc1. The lowest BCUT2D eigenvalue weighted by Crippen LogP contribution is -1.92. The van der Waals surface area contributed by atoms with Crippen molar-refractivity contribution < 1.29 is 4.92 Å². The highest BCUT2D eigenvalue weighted by Crippen LogP contribution is 2.28. The summed E-state index contributed by atoms with van der Waals surface area (Å²) in [5.74, 6) is 0. The van der Waals surface area contributed by atoms with Crippen molar-refractivity contribution >= 4 is 38.8 Å². The zero-order chi connectivity index (χ0) is 18.5. The molecule has 0 heterocycles. The summed E-state index contributed by atoms with van der Waals surface area (Å²) in [5, 5.41) is 12.3. The maximum atomic E-state index is 10.8. The quantitative estimate of drug-likeness (QED) is 0.256. The monoisotopic (exact) mass is 427 g/mol. The average Bonchev–Trinajstić information content (AvgIpc) is 2.67. The van der Waals surface area contributed by atoms with E-state index in [9.17, 15) is 10.1 Å². The summed E-state index contributed by atoms with van der Waals surface area (Å²) < 4.78 is 0. The van der Waals surface area contributed by atoms with E-state index < -0.39 is 4.92 Å². The van der Waals surface area contributed by atoms with Crippen molar-refractivity contribution in [3.63, 3.8) is 0 Å². The van der Waals surface area contributed by atoms with Crippen molar-refractivity contribution in [3.8, 4) is 11.1 Å². The van der Waals surface area contributed by atoms with Crippen LogP contribution in [0, 0.1) is 10.1 Å². The van der Waals surface area contributed by atoms with Crippen LogP contribution in [0.2, 0.25) is 5.02 Å². The minimum Gasteiger partial charge on any atom is -0.258 e. The molecular formula is C21H15BrClNO2. The largest absolute Gasteiger partial charge is 0.269 e. The minimum atomic E-state index is -0.390. The number of benzene rings is 3. The van der Waals surface area contributed by atoms with Crippen LogP contribution in [0.3, 0.4) is 0 Å². The molecule has 0 aliphatic rings. The van der Waals surface area contributed by atoms with Gasteiger partial charge in [-0.1, -0.05) is 70.0 Å². The van der Waals surface area contributed by atoms with Gasteiger partial charge in [-0.25, -0.2) is 0 Å². The summed E-state index contributed by atoms with van der Waals surface area (Å²) >= 11 is 9.39. The van der Waals surface area contributed by atoms with Gasteiger partial charge in [-0.2, -0.15) is 0 Å². The zero-order valence-electron chi connectivity index (χ0n) is 13.7. The van der Waals surface area contributed by atoms with Gasteiger partial charge in [0, 0.05) is 22.5 Å². The number of rotatable bonds is 5. The highest BCUT2D eigenvalue weighted by atomic mass is 79.9. The fourth-order valence-corrected chi connectivity index (χ4v) is 3.18. The number of hydrogen-bond donors (Lipinski definition) is 0. The van der Waals surface area contributed by atoms with Gasteiger partial charge in [0.1, 0.15) is 0 Å². The molecule has 0 saturated heterocycles. The third-order valence-electron chi connectivity index (χ3n) is 4.04. The van der Waals surface area contributed by atoms with E-state index in [0.29, 0.717) is 10.4 Å². The third kappa shape index (κ3) is 4.21. The van der Waals surface area contributed by atoms with E-state index in [1.807, 2.05) is 24.3 Å². The second-order valence-electron chi connectivity index (χ2n) is 5.66. The summed E-state index contributed by atoms with van der Waals surface area (Å²) in [6, 6.07) is 22.6. The molecule has 0 saturated carbocycles. The number of alkyl halides is 1. The van der Waals surface area contributed by atoms with Gasteiger partial charge in [0.2, 0.25) is 0 Å². The fourth-order valence-electron chi connectivity index (χ4n) is 2.73. The first kappa shape index (κ1) is 18.4. The van der Waals surface area contributed by atoms with Crippen LogP contribution >= 0.6 is 27.5 Å². The van der Waals surface area contributed by atoms with Gasteiger partial charge in [0.25, 0.3) is 5.69 Å². The van der Waals surface area contributed by atoms with Gasteiger partial charge in [-0.15, -0.1) is 0 Å². The molecule has 3 aromatic rings. The molecular weight excluding hydrogens is 414 g/mol. The summed E-state index contributed by atoms with van der Waals surface area (Å²) in [5.41, 5.74) is 5.31. The Kier molecular flexibility index (Phi) is 5.86. The van der Waals surface area contributed by atoms with Crippen molar-refractivity contribution in [2.24, 2.45) is 0 Å². The van der Waals surface area contributed by atoms with Crippen LogP contribution in [-0.2, 0) is 0 Å². The molecule has 0 aliphatic carbocycles. The lowest BCUT2D eigenvalue weighted by molar-refractivity contribution is -0.384. The molecule has 0 atom stereocenters. The standard InChI is InChI=1S/C21H15BrClNO2/c22-14-13-21(18-7-11-20(12-8-18)24(25)26)17-3-1-15(2-4-17)16-5-9-19(23)10-6-16/h1-13H,14H2/b21-13+. The van der Waals surface area contributed by atoms with Crippen molar-refractivity contribution in [1.29, 1.82) is 0 Å². The second kappa shape index (κ2) is 8.30. The lowest BCUT2D eigenvalue weighted by Gasteiger charge is -2.10. The Labute approximate surface area is 165 Å². The fraction of sp³-hybridized carbons (Fsp3) is 0.0476. The molecule has 0 unspecified atom stereocenters. The van der Waals surface area contributed by atoms with Crippen LogP contribution in [0.1, 0.15) is 11.1 Å². The van der Waals surface area contributed by atoms with Crippen molar-refractivity contribution in [2.75, 3.05) is 5.33 Å². The van der Waals surface area contributed by atoms with Gasteiger partial charge in [-0.3, -0.25) is 10.1 Å². The second-order valence-corrected chi connectivity index (χ2v) is 6.74. The number of halogens is 2. The van der Waals surface area contributed by atoms with Crippen molar-refractivity contribution in [3.05, 3.63) is 105 Å². The number of nitrogens with zero attached hydrogens (tertiary/aromatic N) is 1. The molecule has 0 spiro atoms. The number of nitro benzene ring substituents is 1. The van der Waals surface area contributed by atoms with E-state index in [-0.39, 0.29) is 5.69 Å². The molecule has 3 aromatic carbocycles. The smallest absolute Gasteiger partial charge is 0.258 e. The highest BCUT2D eigenvalue weighted by Gasteiger charge is 2.09. The van der Waals surface area contributed by atoms with E-state index in [0.717, 1.165) is 27.8 Å². The Bertz CT molecular complexity index is 933. The first-order valence-electron chi connectivity index (χ1n) is 7.96. The molecule has 3 rings (SSSR count). The first-order valence-corrected chi connectivity index (χ1v) is 9.46. The van der Waals surface area contributed by atoms with Gasteiger partial charge in [-0.05, 0) is 52.1 Å². The van der Waals surface area contributed by atoms with Crippen LogP contribution in [0.25, 0.3) is 16.7 Å². The number of hydrogen-bond acceptors (Lipinski definition) is 2. The Balaban J connectivity index is 1.92. The molecule has 130 valence electrons. The Morgan fingerprint density at radius 2 is 1.35 bits per heavy atom. The van der Waals surface area contributed by atoms with E-state index in [4.69, 9.17) is 11.6 Å². The average molecular weight is 429 g/mol. The maximum Gasteiger partial charge on any atom is 0.269 e. The van der Waals surface area contributed by atoms with E-state index >= 15 is 0 Å². The van der Waals surface area contributed by atoms with Gasteiger partial charge in [0.05, 0.1) is 4.92 Å². The van der Waals surface area contributed by atoms with Crippen LogP contribution < -0.4 is 0 Å². The molecule has 0 amide bonds. The van der Waals surface area contributed by atoms with Crippen LogP contribution in [0.15, 0.2) is 78.9 Å². The molecule has 0 radical (unpaired) electrons. The maximum absolute atomic E-state index is 10.8. The zero-order valence-corrected chi connectivity index (χ0v) is 16.1. The summed E-state index contributed by atoms with van der Waals surface area (Å²) in [6.45, 7) is 0. The van der Waals surface area contributed by atoms with Gasteiger partial charge >= 0.3 is 0 Å². The highest BCUT2D eigenvalue weighted by molar-refractivity contribution is 9.09. The third-order valence-corrected chi connectivity index (χ3v) is 4.62. The molecule has 3 nitrogen and oxygen atoms in total. The summed E-state index contributed by atoms with van der Waals surface area (Å²) in [6.07, 6.45) is 2.05. The Morgan fingerprint density at radius 1 is 0.885 bits per heavy atom. The van der Waals surface area contributed by atoms with Crippen molar-refractivity contribution in [1.82, 2.24) is 0 Å². The molecule has 0 aliphatic heterocycles. The molecule has 0 aromatic heterocycles. The molecule has 0 bridgehead atoms. The number of allylic oxidation sites excluding steroid dienone is 1. The number of non-ortho nitro benzene ring substituents is 1. The predicted octanol–water partition coefficient (Wildman–Crippen LogP) is 6.74. The van der Waals surface area contributed by atoms with Crippen molar-refractivity contribution in [2.45, 2.75) is 0 Å². The van der Waals surface area contributed by atoms with Crippen LogP contribution in [0.4, 0.5) is 5.69 Å². The van der Waals surface area contributed by atoms with Crippen LogP contribution in [-0.4, -0.2) is 10.3 Å². The predicted molar refractivity (Wildman–Crippen MR) is 111 cm³/mol. The van der Waals surface area contributed by atoms with E-state index in [1.165, 1.54) is 12.1 Å². The molecule has 5 heteroatoms. The topological polar surface area (TPSA) is 43.1 Å². The molecule has 0 fully saturated rings. The molecule has 26 heavy (non-hydrogen) atoms. The van der Waals surface area contributed by atoms with Gasteiger partial charge in [0.15, 0.2) is 0 Å². The first-order chi connectivity index (χ1) is 12.6. The number of nitro groups is 1.